The third kappa shape index (κ3) is 5.64. The molecule has 33 heavy (non-hydrogen) atoms. The number of rotatable bonds is 8. The third-order valence-corrected chi connectivity index (χ3v) is 5.17. The number of aliphatic imine (C=N–C) groups is 1. The van der Waals surface area contributed by atoms with Crippen molar-refractivity contribution in [2.24, 2.45) is 4.99 Å². The number of nitro groups is 1. The van der Waals surface area contributed by atoms with Crippen LogP contribution >= 0.6 is 15.9 Å². The second-order valence-electron chi connectivity index (χ2n) is 7.08. The van der Waals surface area contributed by atoms with Crippen molar-refractivity contribution in [3.8, 4) is 11.5 Å². The number of carbonyl (C=O) groups is 2. The fourth-order valence-electron chi connectivity index (χ4n) is 3.03. The van der Waals surface area contributed by atoms with Crippen LogP contribution in [0.15, 0.2) is 45.5 Å². The quantitative estimate of drug-likeness (QED) is 0.157. The van der Waals surface area contributed by atoms with Crippen LogP contribution < -0.4 is 9.47 Å². The van der Waals surface area contributed by atoms with Gasteiger partial charge in [0.25, 0.3) is 5.69 Å². The number of hydrogen-bond acceptors (Lipinski definition) is 8. The Labute approximate surface area is 198 Å². The number of benzene rings is 2. The van der Waals surface area contributed by atoms with E-state index in [2.05, 4.69) is 20.9 Å². The van der Waals surface area contributed by atoms with Crippen molar-refractivity contribution in [3.63, 3.8) is 0 Å². The van der Waals surface area contributed by atoms with Crippen molar-refractivity contribution in [1.29, 1.82) is 0 Å². The molecule has 9 nitrogen and oxygen atoms in total. The molecular formula is C23H21BrN2O7. The van der Waals surface area contributed by atoms with Crippen molar-refractivity contribution in [3.05, 3.63) is 67.3 Å². The lowest BCUT2D eigenvalue weighted by molar-refractivity contribution is -0.385. The fraction of sp³-hybridized carbons (Fsp3) is 0.261. The van der Waals surface area contributed by atoms with Crippen molar-refractivity contribution in [1.82, 2.24) is 0 Å². The summed E-state index contributed by atoms with van der Waals surface area (Å²) in [7, 11) is 0. The summed E-state index contributed by atoms with van der Waals surface area (Å²) in [5.41, 5.74) is 1.27. The molecule has 2 aromatic carbocycles. The minimum absolute atomic E-state index is 0.0123. The van der Waals surface area contributed by atoms with E-state index in [-0.39, 0.29) is 35.4 Å². The van der Waals surface area contributed by atoms with Gasteiger partial charge in [-0.25, -0.2) is 9.79 Å². The van der Waals surface area contributed by atoms with Crippen LogP contribution in [0.25, 0.3) is 6.08 Å². The normalized spacial score (nSPS) is 14.1. The molecule has 172 valence electrons. The number of nitro benzene ring substituents is 1. The van der Waals surface area contributed by atoms with E-state index in [0.29, 0.717) is 39.9 Å². The van der Waals surface area contributed by atoms with Crippen LogP contribution in [0.1, 0.15) is 43.4 Å². The smallest absolute Gasteiger partial charge is 0.363 e. The predicted octanol–water partition coefficient (Wildman–Crippen LogP) is 5.11. The Morgan fingerprint density at radius 1 is 1.27 bits per heavy atom. The van der Waals surface area contributed by atoms with Crippen LogP contribution in [-0.4, -0.2) is 29.4 Å². The van der Waals surface area contributed by atoms with Crippen LogP contribution in [0.2, 0.25) is 0 Å². The van der Waals surface area contributed by atoms with E-state index in [1.165, 1.54) is 12.1 Å². The molecular weight excluding hydrogens is 496 g/mol. The molecule has 2 aromatic rings. The number of nitrogens with zero attached hydrogens (tertiary/aromatic N) is 2. The molecule has 0 aromatic heterocycles. The van der Waals surface area contributed by atoms with Gasteiger partial charge in [0.05, 0.1) is 16.0 Å². The summed E-state index contributed by atoms with van der Waals surface area (Å²) in [6.07, 6.45) is 2.41. The number of halogens is 1. The molecule has 3 rings (SSSR count). The minimum Gasteiger partial charge on any atom is -0.490 e. The lowest BCUT2D eigenvalue weighted by atomic mass is 10.1. The molecule has 0 fully saturated rings. The van der Waals surface area contributed by atoms with Gasteiger partial charge in [0.2, 0.25) is 5.90 Å². The maximum Gasteiger partial charge on any atom is 0.363 e. The largest absolute Gasteiger partial charge is 0.490 e. The van der Waals surface area contributed by atoms with Gasteiger partial charge in [-0.15, -0.1) is 0 Å². The molecule has 0 bridgehead atoms. The van der Waals surface area contributed by atoms with Gasteiger partial charge < -0.3 is 14.2 Å². The van der Waals surface area contributed by atoms with Crippen molar-refractivity contribution in [2.75, 3.05) is 6.61 Å². The monoisotopic (exact) mass is 516 g/mol. The van der Waals surface area contributed by atoms with Crippen LogP contribution in [0, 0.1) is 17.0 Å². The minimum atomic E-state index is -0.694. The molecule has 0 unspecified atom stereocenters. The summed E-state index contributed by atoms with van der Waals surface area (Å²) in [5, 5.41) is 11.2. The predicted molar refractivity (Wildman–Crippen MR) is 124 cm³/mol. The Bertz CT molecular complexity index is 1190. The molecule has 0 amide bonds. The second-order valence-corrected chi connectivity index (χ2v) is 7.94. The molecule has 0 atom stereocenters. The SMILES string of the molecule is CCCC(=O)Oc1c(Br)cc(/C=C2\N=C(c3ccc(C)c([N+](=O)[O-])c3)OC2=O)cc1OCC. The van der Waals surface area contributed by atoms with E-state index in [0.717, 1.165) is 0 Å². The molecule has 0 saturated carbocycles. The highest BCUT2D eigenvalue weighted by atomic mass is 79.9. The average molecular weight is 517 g/mol. The van der Waals surface area contributed by atoms with Gasteiger partial charge >= 0.3 is 11.9 Å². The van der Waals surface area contributed by atoms with E-state index in [4.69, 9.17) is 14.2 Å². The highest BCUT2D eigenvalue weighted by Crippen LogP contribution is 2.38. The zero-order valence-electron chi connectivity index (χ0n) is 18.2. The summed E-state index contributed by atoms with van der Waals surface area (Å²) in [4.78, 5) is 39.2. The van der Waals surface area contributed by atoms with E-state index in [1.54, 1.807) is 38.1 Å². The summed E-state index contributed by atoms with van der Waals surface area (Å²) in [5.74, 6) is -0.522. The van der Waals surface area contributed by atoms with E-state index in [9.17, 15) is 19.7 Å². The maximum atomic E-state index is 12.4. The molecule has 1 heterocycles. The van der Waals surface area contributed by atoms with Gasteiger partial charge in [0, 0.05) is 23.6 Å². The zero-order chi connectivity index (χ0) is 24.1. The van der Waals surface area contributed by atoms with Gasteiger partial charge in [-0.1, -0.05) is 13.0 Å². The molecule has 1 aliphatic heterocycles. The number of ether oxygens (including phenoxy) is 3. The summed E-state index contributed by atoms with van der Waals surface area (Å²) in [6.45, 7) is 5.62. The molecule has 0 N–H and O–H groups in total. The number of esters is 2. The first-order valence-electron chi connectivity index (χ1n) is 10.2. The van der Waals surface area contributed by atoms with E-state index >= 15 is 0 Å². The first kappa shape index (κ1) is 24.1. The number of hydrogen-bond donors (Lipinski definition) is 0. The van der Waals surface area contributed by atoms with Crippen molar-refractivity contribution >= 4 is 45.5 Å². The highest BCUT2D eigenvalue weighted by Gasteiger charge is 2.26. The van der Waals surface area contributed by atoms with Crippen molar-refractivity contribution in [2.45, 2.75) is 33.6 Å². The number of aryl methyl sites for hydroxylation is 1. The lowest BCUT2D eigenvalue weighted by Crippen LogP contribution is -2.09. The molecule has 0 saturated heterocycles. The molecule has 0 spiro atoms. The van der Waals surface area contributed by atoms with Gasteiger partial charge in [0.15, 0.2) is 17.2 Å². The first-order chi connectivity index (χ1) is 15.7. The average Bonchev–Trinajstić information content (AvgIpc) is 3.11. The second kappa shape index (κ2) is 10.4. The van der Waals surface area contributed by atoms with Crippen LogP contribution in [0.3, 0.4) is 0 Å². The topological polar surface area (TPSA) is 117 Å². The van der Waals surface area contributed by atoms with Gasteiger partial charge in [-0.05, 0) is 66.0 Å². The van der Waals surface area contributed by atoms with Crippen molar-refractivity contribution < 1.29 is 28.7 Å². The maximum absolute atomic E-state index is 12.4. The highest BCUT2D eigenvalue weighted by molar-refractivity contribution is 9.10. The van der Waals surface area contributed by atoms with Gasteiger partial charge in [0.1, 0.15) is 0 Å². The zero-order valence-corrected chi connectivity index (χ0v) is 19.8. The van der Waals surface area contributed by atoms with Crippen LogP contribution in [-0.2, 0) is 14.3 Å². The molecule has 0 aliphatic carbocycles. The Hall–Kier alpha value is -3.53. The fourth-order valence-corrected chi connectivity index (χ4v) is 3.57. The summed E-state index contributed by atoms with van der Waals surface area (Å²) >= 11 is 3.39. The van der Waals surface area contributed by atoms with Crippen LogP contribution in [0.5, 0.6) is 11.5 Å². The van der Waals surface area contributed by atoms with Gasteiger partial charge in [-0.2, -0.15) is 0 Å². The summed E-state index contributed by atoms with van der Waals surface area (Å²) in [6, 6.07) is 7.75. The molecule has 0 radical (unpaired) electrons. The number of carbonyl (C=O) groups excluding carboxylic acids is 2. The van der Waals surface area contributed by atoms with Crippen LogP contribution in [0.4, 0.5) is 5.69 Å². The number of cyclic esters (lactones) is 1. The Balaban J connectivity index is 1.96. The Morgan fingerprint density at radius 2 is 2.03 bits per heavy atom. The third-order valence-electron chi connectivity index (χ3n) is 4.58. The van der Waals surface area contributed by atoms with E-state index in [1.807, 2.05) is 6.92 Å². The van der Waals surface area contributed by atoms with Gasteiger partial charge in [-0.3, -0.25) is 14.9 Å². The lowest BCUT2D eigenvalue weighted by Gasteiger charge is -2.13. The molecule has 1 aliphatic rings. The van der Waals surface area contributed by atoms with E-state index < -0.39 is 10.9 Å². The summed E-state index contributed by atoms with van der Waals surface area (Å²) < 4.78 is 16.7. The standard InChI is InChI=1S/C23H21BrN2O7/c1-4-6-20(27)32-21-16(24)9-14(11-19(21)31-5-2)10-17-23(28)33-22(25-17)15-8-7-13(3)18(12-15)26(29)30/h7-12H,4-6H2,1-3H3/b17-10-. The Kier molecular flexibility index (Phi) is 7.59. The molecule has 10 heteroatoms. The Morgan fingerprint density at radius 3 is 2.70 bits per heavy atom. The first-order valence-corrected chi connectivity index (χ1v) is 11.0.